The first-order valence-electron chi connectivity index (χ1n) is 5.56. The Kier molecular flexibility index (Phi) is 3.76. The van der Waals surface area contributed by atoms with Crippen molar-refractivity contribution in [3.8, 4) is 0 Å². The van der Waals surface area contributed by atoms with Gasteiger partial charge in [-0.15, -0.1) is 0 Å². The highest BCUT2D eigenvalue weighted by molar-refractivity contribution is 9.09. The van der Waals surface area contributed by atoms with Crippen LogP contribution < -0.4 is 0 Å². The van der Waals surface area contributed by atoms with Crippen LogP contribution in [0, 0.1) is 11.7 Å². The van der Waals surface area contributed by atoms with Crippen LogP contribution in [0.1, 0.15) is 23.2 Å². The van der Waals surface area contributed by atoms with E-state index >= 15 is 0 Å². The van der Waals surface area contributed by atoms with Crippen LogP contribution in [0.5, 0.6) is 0 Å². The van der Waals surface area contributed by atoms with Crippen molar-refractivity contribution in [3.63, 3.8) is 0 Å². The topological polar surface area (TPSA) is 33.2 Å². The second-order valence-corrected chi connectivity index (χ2v) is 5.81. The molecular formula is C12H14BrFN2O. The lowest BCUT2D eigenvalue weighted by atomic mass is 9.85. The van der Waals surface area contributed by atoms with Crippen LogP contribution in [0.4, 0.5) is 4.39 Å². The Labute approximate surface area is 108 Å². The predicted octanol–water partition coefficient (Wildman–Crippen LogP) is 2.47. The fourth-order valence-corrected chi connectivity index (χ4v) is 3.08. The molecule has 3 nitrogen and oxygen atoms in total. The smallest absolute Gasteiger partial charge is 0.255 e. The number of carbonyl (C=O) groups is 1. The van der Waals surface area contributed by atoms with Crippen LogP contribution in [0.25, 0.3) is 0 Å². The molecule has 0 bridgehead atoms. The summed E-state index contributed by atoms with van der Waals surface area (Å²) in [7, 11) is 1.74. The van der Waals surface area contributed by atoms with Crippen molar-refractivity contribution < 1.29 is 9.18 Å². The Morgan fingerprint density at radius 3 is 2.88 bits per heavy atom. The third kappa shape index (κ3) is 3.03. The summed E-state index contributed by atoms with van der Waals surface area (Å²) in [5, 5.41) is 0. The molecule has 1 aromatic rings. The molecule has 1 aliphatic rings. The molecule has 1 aromatic heterocycles. The van der Waals surface area contributed by atoms with E-state index in [-0.39, 0.29) is 5.91 Å². The number of hydrogen-bond donors (Lipinski definition) is 0. The number of hydrogen-bond acceptors (Lipinski definition) is 2. The second-order valence-electron chi connectivity index (χ2n) is 4.51. The first-order chi connectivity index (χ1) is 8.06. The summed E-state index contributed by atoms with van der Waals surface area (Å²) in [6.45, 7) is 0.720. The molecule has 0 aromatic carbocycles. The van der Waals surface area contributed by atoms with Crippen LogP contribution in [0.3, 0.4) is 0 Å². The molecule has 1 heterocycles. The van der Waals surface area contributed by atoms with E-state index in [0.717, 1.165) is 25.6 Å². The SMILES string of the molecule is CN(CC1CC(Br)C1)C(=O)c1cncc(F)c1. The molecule has 0 aliphatic heterocycles. The lowest BCUT2D eigenvalue weighted by Crippen LogP contribution is -2.37. The largest absolute Gasteiger partial charge is 0.341 e. The van der Waals surface area contributed by atoms with E-state index < -0.39 is 5.82 Å². The summed E-state index contributed by atoms with van der Waals surface area (Å²) in [5.41, 5.74) is 0.308. The minimum absolute atomic E-state index is 0.171. The van der Waals surface area contributed by atoms with Crippen molar-refractivity contribution in [2.75, 3.05) is 13.6 Å². The third-order valence-electron chi connectivity index (χ3n) is 3.01. The van der Waals surface area contributed by atoms with Crippen molar-refractivity contribution >= 4 is 21.8 Å². The van der Waals surface area contributed by atoms with E-state index in [0.29, 0.717) is 16.3 Å². The van der Waals surface area contributed by atoms with Gasteiger partial charge in [0.25, 0.3) is 5.91 Å². The first-order valence-corrected chi connectivity index (χ1v) is 6.48. The minimum Gasteiger partial charge on any atom is -0.341 e. The van der Waals surface area contributed by atoms with Crippen LogP contribution in [-0.4, -0.2) is 34.2 Å². The Morgan fingerprint density at radius 2 is 2.29 bits per heavy atom. The van der Waals surface area contributed by atoms with E-state index in [1.807, 2.05) is 0 Å². The molecule has 0 saturated heterocycles. The van der Waals surface area contributed by atoms with Gasteiger partial charge in [-0.25, -0.2) is 4.39 Å². The zero-order valence-electron chi connectivity index (χ0n) is 9.57. The molecule has 1 fully saturated rings. The quantitative estimate of drug-likeness (QED) is 0.804. The summed E-state index contributed by atoms with van der Waals surface area (Å²) in [6, 6.07) is 1.22. The highest BCUT2D eigenvalue weighted by Crippen LogP contribution is 2.33. The Morgan fingerprint density at radius 1 is 1.59 bits per heavy atom. The Balaban J connectivity index is 1.95. The lowest BCUT2D eigenvalue weighted by molar-refractivity contribution is 0.0748. The summed E-state index contributed by atoms with van der Waals surface area (Å²) >= 11 is 3.52. The molecular weight excluding hydrogens is 287 g/mol. The van der Waals surface area contributed by atoms with Gasteiger partial charge < -0.3 is 4.90 Å². The van der Waals surface area contributed by atoms with Gasteiger partial charge in [-0.3, -0.25) is 9.78 Å². The highest BCUT2D eigenvalue weighted by Gasteiger charge is 2.29. The van der Waals surface area contributed by atoms with Gasteiger partial charge in [-0.05, 0) is 24.8 Å². The predicted molar refractivity (Wildman–Crippen MR) is 66.6 cm³/mol. The van der Waals surface area contributed by atoms with Crippen molar-refractivity contribution in [1.82, 2.24) is 9.88 Å². The fourth-order valence-electron chi connectivity index (χ4n) is 2.02. The van der Waals surface area contributed by atoms with Gasteiger partial charge in [0.05, 0.1) is 11.8 Å². The number of alkyl halides is 1. The molecule has 0 unspecified atom stereocenters. The highest BCUT2D eigenvalue weighted by atomic mass is 79.9. The van der Waals surface area contributed by atoms with E-state index in [4.69, 9.17) is 0 Å². The molecule has 2 rings (SSSR count). The van der Waals surface area contributed by atoms with Crippen molar-refractivity contribution in [2.24, 2.45) is 5.92 Å². The molecule has 0 spiro atoms. The van der Waals surface area contributed by atoms with Gasteiger partial charge in [0.15, 0.2) is 0 Å². The lowest BCUT2D eigenvalue weighted by Gasteiger charge is -2.34. The van der Waals surface area contributed by atoms with E-state index in [1.165, 1.54) is 12.3 Å². The number of nitrogens with zero attached hydrogens (tertiary/aromatic N) is 2. The standard InChI is InChI=1S/C12H14BrFN2O/c1-16(7-8-2-10(13)3-8)12(17)9-4-11(14)6-15-5-9/h4-6,8,10H,2-3,7H2,1H3. The van der Waals surface area contributed by atoms with Crippen LogP contribution in [-0.2, 0) is 0 Å². The minimum atomic E-state index is -0.478. The van der Waals surface area contributed by atoms with Crippen molar-refractivity contribution in [1.29, 1.82) is 0 Å². The van der Waals surface area contributed by atoms with Crippen molar-refractivity contribution in [2.45, 2.75) is 17.7 Å². The number of pyridine rings is 1. The summed E-state index contributed by atoms with van der Waals surface area (Å²) in [4.78, 5) is 17.9. The van der Waals surface area contributed by atoms with Gasteiger partial charge in [0.1, 0.15) is 5.82 Å². The molecule has 1 amide bonds. The Hall–Kier alpha value is -0.970. The molecule has 0 atom stereocenters. The van der Waals surface area contributed by atoms with Gasteiger partial charge in [-0.1, -0.05) is 15.9 Å². The van der Waals surface area contributed by atoms with Crippen LogP contribution in [0.2, 0.25) is 0 Å². The number of aromatic nitrogens is 1. The summed E-state index contributed by atoms with van der Waals surface area (Å²) in [6.07, 6.45) is 4.69. The van der Waals surface area contributed by atoms with Crippen LogP contribution in [0.15, 0.2) is 18.5 Å². The number of halogens is 2. The Bertz CT molecular complexity index is 421. The van der Waals surface area contributed by atoms with Crippen LogP contribution >= 0.6 is 15.9 Å². The second kappa shape index (κ2) is 5.12. The maximum absolute atomic E-state index is 12.9. The molecule has 17 heavy (non-hydrogen) atoms. The zero-order valence-corrected chi connectivity index (χ0v) is 11.2. The molecule has 92 valence electrons. The van der Waals surface area contributed by atoms with E-state index in [1.54, 1.807) is 11.9 Å². The summed E-state index contributed by atoms with van der Waals surface area (Å²) < 4.78 is 12.9. The zero-order chi connectivity index (χ0) is 12.4. The normalized spacial score (nSPS) is 23.0. The van der Waals surface area contributed by atoms with Gasteiger partial charge in [0, 0.05) is 24.6 Å². The van der Waals surface area contributed by atoms with Gasteiger partial charge in [-0.2, -0.15) is 0 Å². The molecule has 0 N–H and O–H groups in total. The third-order valence-corrected chi connectivity index (χ3v) is 3.76. The maximum Gasteiger partial charge on any atom is 0.255 e. The van der Waals surface area contributed by atoms with Gasteiger partial charge in [0.2, 0.25) is 0 Å². The van der Waals surface area contributed by atoms with E-state index in [2.05, 4.69) is 20.9 Å². The van der Waals surface area contributed by atoms with E-state index in [9.17, 15) is 9.18 Å². The number of carbonyl (C=O) groups excluding carboxylic acids is 1. The molecule has 0 radical (unpaired) electrons. The van der Waals surface area contributed by atoms with Gasteiger partial charge >= 0.3 is 0 Å². The number of rotatable bonds is 3. The molecule has 1 aliphatic carbocycles. The average molecular weight is 301 g/mol. The fraction of sp³-hybridized carbons (Fsp3) is 0.500. The molecule has 1 saturated carbocycles. The molecule has 5 heteroatoms. The summed E-state index contributed by atoms with van der Waals surface area (Å²) in [5.74, 6) is -0.0988. The maximum atomic E-state index is 12.9. The average Bonchev–Trinajstić information content (AvgIpc) is 2.26. The van der Waals surface area contributed by atoms with Crippen molar-refractivity contribution in [3.05, 3.63) is 29.8 Å². The first kappa shape index (κ1) is 12.5. The number of amides is 1. The monoisotopic (exact) mass is 300 g/mol.